The van der Waals surface area contributed by atoms with Gasteiger partial charge in [0.2, 0.25) is 7.28 Å². The summed E-state index contributed by atoms with van der Waals surface area (Å²) in [4.78, 5) is 2.33. The molecular formula is C56H36BN3OS. The largest absolute Gasteiger partial charge is 0.455 e. The summed E-state index contributed by atoms with van der Waals surface area (Å²) in [6.07, 6.45) is 0. The fourth-order valence-corrected chi connectivity index (χ4v) is 11.1. The van der Waals surface area contributed by atoms with Gasteiger partial charge in [0.1, 0.15) is 11.2 Å². The summed E-state index contributed by atoms with van der Waals surface area (Å²) in [6.45, 7) is 0. The minimum atomic E-state index is 0.791. The molecule has 3 aromatic heterocycles. The number of rotatable bonds is 7. The van der Waals surface area contributed by atoms with E-state index in [2.05, 4.69) is 221 Å². The molecule has 0 fully saturated rings. The first kappa shape index (κ1) is 35.0. The summed E-state index contributed by atoms with van der Waals surface area (Å²) in [5.74, 6) is 0. The first-order valence-corrected chi connectivity index (χ1v) is 22.0. The third kappa shape index (κ3) is 5.33. The molecule has 6 heteroatoms. The monoisotopic (exact) mass is 809 g/mol. The van der Waals surface area contributed by atoms with Crippen LogP contribution in [0.4, 0.5) is 28.4 Å². The second kappa shape index (κ2) is 13.9. The first-order chi connectivity index (χ1) is 30.8. The second-order valence-electron chi connectivity index (χ2n) is 16.1. The van der Waals surface area contributed by atoms with Crippen LogP contribution in [0.15, 0.2) is 211 Å². The Kier molecular flexibility index (Phi) is 7.84. The van der Waals surface area contributed by atoms with Gasteiger partial charge in [0, 0.05) is 60.2 Å². The number of anilines is 5. The predicted molar refractivity (Wildman–Crippen MR) is 265 cm³/mol. The number of para-hydroxylation sites is 5. The lowest BCUT2D eigenvalue weighted by molar-refractivity contribution is 0.673. The van der Waals surface area contributed by atoms with Crippen molar-refractivity contribution in [2.75, 3.05) is 10.2 Å². The van der Waals surface area contributed by atoms with Gasteiger partial charge in [0.15, 0.2) is 0 Å². The van der Waals surface area contributed by atoms with Crippen molar-refractivity contribution in [1.29, 1.82) is 0 Å². The van der Waals surface area contributed by atoms with E-state index in [1.54, 1.807) is 0 Å². The Bertz CT molecular complexity index is 3650. The van der Waals surface area contributed by atoms with Crippen LogP contribution in [-0.4, -0.2) is 11.8 Å². The van der Waals surface area contributed by atoms with E-state index in [4.69, 9.17) is 4.42 Å². The van der Waals surface area contributed by atoms with Crippen molar-refractivity contribution in [2.24, 2.45) is 0 Å². The van der Waals surface area contributed by atoms with Gasteiger partial charge in [-0.3, -0.25) is 0 Å². The van der Waals surface area contributed by atoms with E-state index >= 15 is 0 Å². The van der Waals surface area contributed by atoms with Crippen LogP contribution in [0.25, 0.3) is 81.8 Å². The van der Waals surface area contributed by atoms with Crippen molar-refractivity contribution in [2.45, 2.75) is 0 Å². The highest BCUT2D eigenvalue weighted by atomic mass is 32.1. The fourth-order valence-electron chi connectivity index (χ4n) is 9.94. The third-order valence-electron chi connectivity index (χ3n) is 12.5. The van der Waals surface area contributed by atoms with Crippen LogP contribution in [0.1, 0.15) is 0 Å². The lowest BCUT2D eigenvalue weighted by atomic mass is 9.62. The highest BCUT2D eigenvalue weighted by molar-refractivity contribution is 7.29. The van der Waals surface area contributed by atoms with E-state index in [-0.39, 0.29) is 0 Å². The lowest BCUT2D eigenvalue weighted by Gasteiger charge is -2.27. The van der Waals surface area contributed by atoms with Gasteiger partial charge in [0.25, 0.3) is 0 Å². The van der Waals surface area contributed by atoms with Crippen LogP contribution in [0.2, 0.25) is 0 Å². The molecule has 4 heterocycles. The Hall–Kier alpha value is -7.80. The molecule has 1 aliphatic heterocycles. The number of nitrogens with one attached hydrogen (secondary N) is 1. The second-order valence-corrected chi connectivity index (χ2v) is 17.2. The average Bonchev–Trinajstić information content (AvgIpc) is 4.01. The van der Waals surface area contributed by atoms with Gasteiger partial charge in [0.05, 0.1) is 22.1 Å². The molecule has 12 aromatic rings. The van der Waals surface area contributed by atoms with Crippen molar-refractivity contribution in [3.05, 3.63) is 206 Å². The third-order valence-corrected chi connectivity index (χ3v) is 13.7. The van der Waals surface area contributed by atoms with Gasteiger partial charge in [-0.25, -0.2) is 0 Å². The lowest BCUT2D eigenvalue weighted by Crippen LogP contribution is -2.35. The number of benzene rings is 9. The van der Waals surface area contributed by atoms with Gasteiger partial charge in [-0.2, -0.15) is 0 Å². The van der Waals surface area contributed by atoms with Crippen molar-refractivity contribution >= 4 is 111 Å². The Morgan fingerprint density at radius 2 is 1.19 bits per heavy atom. The van der Waals surface area contributed by atoms with Crippen molar-refractivity contribution < 1.29 is 4.42 Å². The minimum Gasteiger partial charge on any atom is -0.455 e. The zero-order valence-corrected chi connectivity index (χ0v) is 34.4. The molecule has 13 rings (SSSR count). The smallest absolute Gasteiger partial charge is 0.211 e. The van der Waals surface area contributed by atoms with E-state index in [0.29, 0.717) is 0 Å². The van der Waals surface area contributed by atoms with E-state index in [1.165, 1.54) is 64.5 Å². The Balaban J connectivity index is 1.14. The van der Waals surface area contributed by atoms with Crippen LogP contribution in [-0.2, 0) is 0 Å². The number of fused-ring (bicyclic) bond motifs is 11. The summed E-state index contributed by atoms with van der Waals surface area (Å²) in [5, 5.41) is 9.85. The number of thiophene rings is 1. The number of nitrogens with zero attached hydrogens (tertiary/aromatic N) is 2. The van der Waals surface area contributed by atoms with Crippen LogP contribution in [0.3, 0.4) is 0 Å². The molecule has 290 valence electrons. The molecule has 9 aromatic carbocycles. The number of hydrogen-bond donors (Lipinski definition) is 1. The number of hydrogen-bond acceptors (Lipinski definition) is 4. The molecule has 0 unspecified atom stereocenters. The molecule has 0 bridgehead atoms. The van der Waals surface area contributed by atoms with E-state index in [0.717, 1.165) is 63.2 Å². The van der Waals surface area contributed by atoms with Gasteiger partial charge in [-0.1, -0.05) is 133 Å². The van der Waals surface area contributed by atoms with E-state index < -0.39 is 0 Å². The summed E-state index contributed by atoms with van der Waals surface area (Å²) in [5.41, 5.74) is 16.9. The van der Waals surface area contributed by atoms with Crippen LogP contribution in [0.5, 0.6) is 0 Å². The Morgan fingerprint density at radius 3 is 1.95 bits per heavy atom. The normalized spacial score (nSPS) is 12.0. The van der Waals surface area contributed by atoms with Crippen molar-refractivity contribution in [3.63, 3.8) is 0 Å². The van der Waals surface area contributed by atoms with Gasteiger partial charge >= 0.3 is 0 Å². The summed E-state index contributed by atoms with van der Waals surface area (Å²) in [7, 11) is 0.791. The summed E-state index contributed by atoms with van der Waals surface area (Å²) < 4.78 is 12.3. The van der Waals surface area contributed by atoms with E-state index in [1.807, 2.05) is 11.3 Å². The van der Waals surface area contributed by atoms with Crippen LogP contribution < -0.4 is 20.5 Å². The quantitative estimate of drug-likeness (QED) is 0.163. The molecule has 4 nitrogen and oxygen atoms in total. The molecule has 1 aliphatic rings. The SMILES string of the molecule is B1c2sc3ccc(-c4ccccc4)cc3c2-n2c3ccccc3c3c4oc5ccccc5c4c(-c4ccc(N(c5ccccc5)c5ccccc5)cc4Nc4ccccc4)c1c32. The molecule has 0 radical (unpaired) electrons. The molecule has 0 amide bonds. The summed E-state index contributed by atoms with van der Waals surface area (Å²) >= 11 is 1.92. The highest BCUT2D eigenvalue weighted by Crippen LogP contribution is 2.49. The average molecular weight is 810 g/mol. The molecule has 62 heavy (non-hydrogen) atoms. The van der Waals surface area contributed by atoms with Crippen LogP contribution in [0, 0.1) is 0 Å². The number of furan rings is 1. The standard InChI is InChI=1S/C56H36BN3OS/c1-5-17-35(18-6-1)36-29-32-48-44(33-36)53-56(62-48)57-52-49(50-43-26-14-16-28-47(43)61-55(50)51-42-25-13-15-27-46(42)60(53)54(51)52)41-31-30-40(34-45(41)58-37-19-7-2-8-20-37)59(38-21-9-3-10-22-38)39-23-11-4-12-24-39/h1-34,57-58H. The topological polar surface area (TPSA) is 33.3 Å². The van der Waals surface area contributed by atoms with E-state index in [9.17, 15) is 0 Å². The Labute approximate surface area is 362 Å². The molecule has 0 atom stereocenters. The van der Waals surface area contributed by atoms with Gasteiger partial charge < -0.3 is 19.2 Å². The maximum absolute atomic E-state index is 7.10. The summed E-state index contributed by atoms with van der Waals surface area (Å²) in [6, 6.07) is 73.9. The molecule has 0 saturated heterocycles. The molecule has 0 saturated carbocycles. The predicted octanol–water partition coefficient (Wildman–Crippen LogP) is 14.1. The molecular weight excluding hydrogens is 774 g/mol. The first-order valence-electron chi connectivity index (χ1n) is 21.1. The van der Waals surface area contributed by atoms with Crippen LogP contribution >= 0.6 is 11.3 Å². The molecule has 0 aliphatic carbocycles. The maximum atomic E-state index is 7.10. The highest BCUT2D eigenvalue weighted by Gasteiger charge is 2.33. The number of aromatic nitrogens is 1. The molecule has 0 spiro atoms. The van der Waals surface area contributed by atoms with Crippen molar-refractivity contribution in [1.82, 2.24) is 4.57 Å². The van der Waals surface area contributed by atoms with Gasteiger partial charge in [-0.05, 0) is 99.7 Å². The minimum absolute atomic E-state index is 0.791. The fraction of sp³-hybridized carbons (Fsp3) is 0. The van der Waals surface area contributed by atoms with Crippen molar-refractivity contribution in [3.8, 4) is 27.9 Å². The zero-order chi connectivity index (χ0) is 40.7. The zero-order valence-electron chi connectivity index (χ0n) is 33.5. The molecule has 1 N–H and O–H groups in total. The Morgan fingerprint density at radius 1 is 0.532 bits per heavy atom. The van der Waals surface area contributed by atoms with Gasteiger partial charge in [-0.15, -0.1) is 11.3 Å². The maximum Gasteiger partial charge on any atom is 0.211 e.